The molecule has 0 amide bonds. The quantitative estimate of drug-likeness (QED) is 0.772. The van der Waals surface area contributed by atoms with Crippen LogP contribution in [0.2, 0.25) is 0 Å². The average Bonchev–Trinajstić information content (AvgIpc) is 2.88. The molecule has 0 radical (unpaired) electrons. The highest BCUT2D eigenvalue weighted by Crippen LogP contribution is 2.36. The van der Waals surface area contributed by atoms with Crippen LogP contribution in [-0.2, 0) is 12.3 Å². The Morgan fingerprint density at radius 2 is 2.39 bits per heavy atom. The van der Waals surface area contributed by atoms with Gasteiger partial charge in [-0.2, -0.15) is 0 Å². The third kappa shape index (κ3) is 1.91. The summed E-state index contributed by atoms with van der Waals surface area (Å²) in [6, 6.07) is 6.63. The monoisotopic (exact) mass is 278 g/mol. The number of anilines is 1. The fraction of sp³-hybridized carbons (Fsp3) is 0.357. The molecule has 0 aliphatic carbocycles. The summed E-state index contributed by atoms with van der Waals surface area (Å²) in [6.45, 7) is 3.27. The second kappa shape index (κ2) is 4.90. The van der Waals surface area contributed by atoms with Gasteiger partial charge in [-0.1, -0.05) is 6.07 Å². The molecule has 0 fully saturated rings. The van der Waals surface area contributed by atoms with E-state index in [9.17, 15) is 0 Å². The first-order valence-electron chi connectivity index (χ1n) is 6.14. The number of nitrogens with zero attached hydrogens (tertiary/aromatic N) is 2. The Kier molecular flexibility index (Phi) is 3.27. The molecule has 0 saturated carbocycles. The van der Waals surface area contributed by atoms with Gasteiger partial charge in [0.25, 0.3) is 0 Å². The van der Waals surface area contributed by atoms with Gasteiger partial charge in [-0.15, -0.1) is 22.9 Å². The van der Waals surface area contributed by atoms with Crippen molar-refractivity contribution >= 4 is 28.8 Å². The van der Waals surface area contributed by atoms with Crippen LogP contribution in [-0.4, -0.2) is 11.5 Å². The molecule has 0 N–H and O–H groups in total. The zero-order chi connectivity index (χ0) is 12.5. The van der Waals surface area contributed by atoms with Gasteiger partial charge in [0.1, 0.15) is 5.82 Å². The van der Waals surface area contributed by atoms with Crippen LogP contribution in [0.15, 0.2) is 29.8 Å². The molecule has 2 aromatic rings. The van der Waals surface area contributed by atoms with E-state index in [1.807, 2.05) is 23.6 Å². The Labute approximate surface area is 116 Å². The minimum atomic E-state index is 0.386. The van der Waals surface area contributed by atoms with Gasteiger partial charge in [0.15, 0.2) is 0 Å². The highest BCUT2D eigenvalue weighted by atomic mass is 35.5. The van der Waals surface area contributed by atoms with Gasteiger partial charge in [0.2, 0.25) is 0 Å². The van der Waals surface area contributed by atoms with E-state index in [1.54, 1.807) is 0 Å². The van der Waals surface area contributed by atoms with Crippen molar-refractivity contribution in [1.29, 1.82) is 0 Å². The van der Waals surface area contributed by atoms with Gasteiger partial charge >= 0.3 is 0 Å². The fourth-order valence-electron chi connectivity index (χ4n) is 2.59. The Morgan fingerprint density at radius 3 is 3.22 bits per heavy atom. The Balaban J connectivity index is 1.99. The molecule has 2 nitrogen and oxygen atoms in total. The zero-order valence-corrected chi connectivity index (χ0v) is 11.8. The molecule has 0 saturated heterocycles. The molecule has 2 aromatic heterocycles. The maximum atomic E-state index is 6.01. The lowest BCUT2D eigenvalue weighted by Crippen LogP contribution is -2.34. The van der Waals surface area contributed by atoms with Crippen molar-refractivity contribution < 1.29 is 0 Å². The lowest BCUT2D eigenvalue weighted by molar-refractivity contribution is 0.623. The van der Waals surface area contributed by atoms with Crippen molar-refractivity contribution in [2.24, 2.45) is 0 Å². The molecule has 1 aliphatic heterocycles. The second-order valence-corrected chi connectivity index (χ2v) is 5.81. The fourth-order valence-corrected chi connectivity index (χ4v) is 3.76. The molecule has 1 atom stereocenters. The highest BCUT2D eigenvalue weighted by molar-refractivity contribution is 7.10. The summed E-state index contributed by atoms with van der Waals surface area (Å²) in [4.78, 5) is 8.41. The smallest absolute Gasteiger partial charge is 0.133 e. The first-order valence-corrected chi connectivity index (χ1v) is 7.55. The van der Waals surface area contributed by atoms with E-state index in [-0.39, 0.29) is 0 Å². The van der Waals surface area contributed by atoms with Gasteiger partial charge in [-0.3, -0.25) is 0 Å². The van der Waals surface area contributed by atoms with Crippen molar-refractivity contribution in [2.75, 3.05) is 11.4 Å². The number of hydrogen-bond acceptors (Lipinski definition) is 3. The first kappa shape index (κ1) is 12.0. The molecule has 1 unspecified atom stereocenters. The SMILES string of the molecule is CC1c2ccsc2CCN1c1ncccc1CCl. The number of pyridine rings is 1. The van der Waals surface area contributed by atoms with Gasteiger partial charge < -0.3 is 4.90 Å². The lowest BCUT2D eigenvalue weighted by atomic mass is 10.0. The average molecular weight is 279 g/mol. The Morgan fingerprint density at radius 1 is 1.50 bits per heavy atom. The van der Waals surface area contributed by atoms with Crippen LogP contribution < -0.4 is 4.90 Å². The van der Waals surface area contributed by atoms with Crippen LogP contribution in [0.25, 0.3) is 0 Å². The maximum absolute atomic E-state index is 6.01. The van der Waals surface area contributed by atoms with Crippen LogP contribution in [0.1, 0.15) is 29.0 Å². The minimum absolute atomic E-state index is 0.386. The predicted octanol–water partition coefficient (Wildman–Crippen LogP) is 4.01. The Hall–Kier alpha value is -1.06. The summed E-state index contributed by atoms with van der Waals surface area (Å²) in [5.41, 5.74) is 2.56. The Bertz CT molecular complexity index is 552. The molecule has 0 spiro atoms. The van der Waals surface area contributed by atoms with Crippen molar-refractivity contribution in [3.05, 3.63) is 45.8 Å². The molecular weight excluding hydrogens is 264 g/mol. The van der Waals surface area contributed by atoms with Crippen molar-refractivity contribution in [3.63, 3.8) is 0 Å². The van der Waals surface area contributed by atoms with E-state index in [2.05, 4.69) is 34.3 Å². The maximum Gasteiger partial charge on any atom is 0.133 e. The molecule has 1 aliphatic rings. The number of alkyl halides is 1. The molecule has 3 rings (SSSR count). The number of thiophene rings is 1. The molecule has 0 bridgehead atoms. The summed E-state index contributed by atoms with van der Waals surface area (Å²) < 4.78 is 0. The van der Waals surface area contributed by atoms with Gasteiger partial charge in [-0.05, 0) is 36.4 Å². The molecule has 18 heavy (non-hydrogen) atoms. The van der Waals surface area contributed by atoms with Crippen molar-refractivity contribution in [3.8, 4) is 0 Å². The number of fused-ring (bicyclic) bond motifs is 1. The standard InChI is InChI=1S/C14H15ClN2S/c1-10-12-5-8-18-13(12)4-7-17(10)14-11(9-15)3-2-6-16-14/h2-3,5-6,8,10H,4,7,9H2,1H3. The van der Waals surface area contributed by atoms with Crippen molar-refractivity contribution in [2.45, 2.75) is 25.3 Å². The lowest BCUT2D eigenvalue weighted by Gasteiger charge is -2.35. The minimum Gasteiger partial charge on any atom is -0.349 e. The zero-order valence-electron chi connectivity index (χ0n) is 10.3. The summed E-state index contributed by atoms with van der Waals surface area (Å²) >= 11 is 7.88. The number of halogens is 1. The number of rotatable bonds is 2. The van der Waals surface area contributed by atoms with Crippen LogP contribution in [0.5, 0.6) is 0 Å². The predicted molar refractivity (Wildman–Crippen MR) is 77.6 cm³/mol. The van der Waals surface area contributed by atoms with Crippen LogP contribution in [0.4, 0.5) is 5.82 Å². The van der Waals surface area contributed by atoms with E-state index in [4.69, 9.17) is 11.6 Å². The van der Waals surface area contributed by atoms with Gasteiger partial charge in [-0.25, -0.2) is 4.98 Å². The van der Waals surface area contributed by atoms with Crippen LogP contribution >= 0.6 is 22.9 Å². The molecule has 94 valence electrons. The highest BCUT2D eigenvalue weighted by Gasteiger charge is 2.26. The summed E-state index contributed by atoms with van der Waals surface area (Å²) in [5, 5.41) is 2.19. The van der Waals surface area contributed by atoms with Gasteiger partial charge in [0.05, 0.1) is 11.9 Å². The topological polar surface area (TPSA) is 16.1 Å². The molecule has 0 aromatic carbocycles. The summed E-state index contributed by atoms with van der Waals surface area (Å²) in [6.07, 6.45) is 2.96. The summed E-state index contributed by atoms with van der Waals surface area (Å²) in [5.74, 6) is 1.56. The largest absolute Gasteiger partial charge is 0.349 e. The molecule has 4 heteroatoms. The van der Waals surface area contributed by atoms with E-state index in [1.165, 1.54) is 10.4 Å². The van der Waals surface area contributed by atoms with Gasteiger partial charge in [0, 0.05) is 23.2 Å². The van der Waals surface area contributed by atoms with E-state index in [0.29, 0.717) is 11.9 Å². The first-order chi connectivity index (χ1) is 8.81. The van der Waals surface area contributed by atoms with Crippen LogP contribution in [0, 0.1) is 0 Å². The normalized spacial score (nSPS) is 18.8. The van der Waals surface area contributed by atoms with Crippen molar-refractivity contribution in [1.82, 2.24) is 4.98 Å². The summed E-state index contributed by atoms with van der Waals surface area (Å²) in [7, 11) is 0. The third-order valence-corrected chi connectivity index (χ3v) is 4.85. The third-order valence-electron chi connectivity index (χ3n) is 3.56. The number of aromatic nitrogens is 1. The number of hydrogen-bond donors (Lipinski definition) is 0. The van der Waals surface area contributed by atoms with E-state index >= 15 is 0 Å². The molecule has 3 heterocycles. The molecular formula is C14H15ClN2S. The van der Waals surface area contributed by atoms with E-state index in [0.717, 1.165) is 24.3 Å². The second-order valence-electron chi connectivity index (χ2n) is 4.54. The van der Waals surface area contributed by atoms with E-state index < -0.39 is 0 Å². The van der Waals surface area contributed by atoms with Crippen LogP contribution in [0.3, 0.4) is 0 Å².